The Labute approximate surface area is 212 Å². The summed E-state index contributed by atoms with van der Waals surface area (Å²) >= 11 is 12.2. The number of unbranched alkanes of at least 4 members (excludes halogenated alkanes) is 1. The zero-order valence-electron chi connectivity index (χ0n) is 19.6. The Morgan fingerprint density at radius 2 is 1.71 bits per heavy atom. The van der Waals surface area contributed by atoms with Gasteiger partial charge in [-0.3, -0.25) is 13.9 Å². The van der Waals surface area contributed by atoms with Crippen LogP contribution in [0.2, 0.25) is 10.0 Å². The summed E-state index contributed by atoms with van der Waals surface area (Å²) in [7, 11) is -3.76. The van der Waals surface area contributed by atoms with E-state index in [1.54, 1.807) is 48.5 Å². The summed E-state index contributed by atoms with van der Waals surface area (Å²) in [4.78, 5) is 27.9. The van der Waals surface area contributed by atoms with Crippen LogP contribution in [0, 0.1) is 0 Å². The average Bonchev–Trinajstić information content (AvgIpc) is 2.79. The van der Waals surface area contributed by atoms with Crippen molar-refractivity contribution in [3.63, 3.8) is 0 Å². The quantitative estimate of drug-likeness (QED) is 0.412. The first-order chi connectivity index (χ1) is 16.1. The molecule has 186 valence electrons. The molecule has 1 unspecified atom stereocenters. The molecule has 0 radical (unpaired) electrons. The van der Waals surface area contributed by atoms with E-state index in [0.717, 1.165) is 23.4 Å². The molecule has 1 atom stereocenters. The van der Waals surface area contributed by atoms with Crippen molar-refractivity contribution in [3.8, 4) is 0 Å². The Balaban J connectivity index is 2.40. The highest BCUT2D eigenvalue weighted by atomic mass is 35.5. The molecule has 2 aromatic rings. The molecule has 0 heterocycles. The number of amides is 2. The summed E-state index contributed by atoms with van der Waals surface area (Å²) in [5.41, 5.74) is 1.04. The number of carbonyl (C=O) groups excluding carboxylic acids is 2. The summed E-state index contributed by atoms with van der Waals surface area (Å²) < 4.78 is 26.1. The Kier molecular flexibility index (Phi) is 10.7. The number of halogens is 2. The molecule has 0 spiro atoms. The number of benzene rings is 2. The molecule has 7 nitrogen and oxygen atoms in total. The fourth-order valence-corrected chi connectivity index (χ4v) is 4.64. The molecule has 0 aliphatic carbocycles. The molecule has 0 aliphatic heterocycles. The predicted molar refractivity (Wildman–Crippen MR) is 138 cm³/mol. The minimum atomic E-state index is -3.76. The van der Waals surface area contributed by atoms with Gasteiger partial charge in [0, 0.05) is 13.1 Å². The SMILES string of the molecule is CCCCNC(=O)C(CC)N(Cc1ccc(Cl)c(Cl)c1)C(=O)CN(c1ccccc1)S(C)(=O)=O. The van der Waals surface area contributed by atoms with Crippen LogP contribution in [0.15, 0.2) is 48.5 Å². The lowest BCUT2D eigenvalue weighted by Gasteiger charge is -2.33. The monoisotopic (exact) mass is 527 g/mol. The molecule has 10 heteroatoms. The zero-order chi connectivity index (χ0) is 25.3. The number of nitrogens with one attached hydrogen (secondary N) is 1. The second-order valence-corrected chi connectivity index (χ2v) is 10.7. The summed E-state index contributed by atoms with van der Waals surface area (Å²) in [5, 5.41) is 3.58. The van der Waals surface area contributed by atoms with Crippen LogP contribution in [-0.2, 0) is 26.2 Å². The number of hydrogen-bond donors (Lipinski definition) is 1. The van der Waals surface area contributed by atoms with Crippen LogP contribution in [0.3, 0.4) is 0 Å². The van der Waals surface area contributed by atoms with Crippen molar-refractivity contribution < 1.29 is 18.0 Å². The fourth-order valence-electron chi connectivity index (χ4n) is 3.47. The van der Waals surface area contributed by atoms with Crippen LogP contribution in [0.4, 0.5) is 5.69 Å². The van der Waals surface area contributed by atoms with Crippen LogP contribution in [0.5, 0.6) is 0 Å². The van der Waals surface area contributed by atoms with E-state index < -0.39 is 28.5 Å². The fraction of sp³-hybridized carbons (Fsp3) is 0.417. The summed E-state index contributed by atoms with van der Waals surface area (Å²) in [6.45, 7) is 3.96. The normalized spacial score (nSPS) is 12.1. The zero-order valence-corrected chi connectivity index (χ0v) is 22.0. The first-order valence-electron chi connectivity index (χ1n) is 11.1. The molecule has 0 saturated heterocycles. The lowest BCUT2D eigenvalue weighted by molar-refractivity contribution is -0.140. The van der Waals surface area contributed by atoms with Gasteiger partial charge in [-0.05, 0) is 42.7 Å². The van der Waals surface area contributed by atoms with Gasteiger partial charge in [0.25, 0.3) is 0 Å². The van der Waals surface area contributed by atoms with Gasteiger partial charge in [0.05, 0.1) is 22.0 Å². The maximum atomic E-state index is 13.5. The highest BCUT2D eigenvalue weighted by Gasteiger charge is 2.31. The van der Waals surface area contributed by atoms with Gasteiger partial charge < -0.3 is 10.2 Å². The average molecular weight is 529 g/mol. The van der Waals surface area contributed by atoms with Gasteiger partial charge in [-0.1, -0.05) is 67.7 Å². The van der Waals surface area contributed by atoms with Gasteiger partial charge >= 0.3 is 0 Å². The van der Waals surface area contributed by atoms with Gasteiger partial charge in [-0.25, -0.2) is 8.42 Å². The second kappa shape index (κ2) is 13.0. The molecule has 2 aromatic carbocycles. The van der Waals surface area contributed by atoms with Crippen molar-refractivity contribution in [1.82, 2.24) is 10.2 Å². The predicted octanol–water partition coefficient (Wildman–Crippen LogP) is 4.48. The molecule has 1 N–H and O–H groups in total. The van der Waals surface area contributed by atoms with E-state index in [1.807, 2.05) is 13.8 Å². The number of carbonyl (C=O) groups is 2. The lowest BCUT2D eigenvalue weighted by atomic mass is 10.1. The van der Waals surface area contributed by atoms with E-state index in [1.165, 1.54) is 4.90 Å². The van der Waals surface area contributed by atoms with Crippen molar-refractivity contribution in [2.45, 2.75) is 45.7 Å². The number of sulfonamides is 1. The molecular weight excluding hydrogens is 497 g/mol. The van der Waals surface area contributed by atoms with Crippen molar-refractivity contribution in [2.75, 3.05) is 23.7 Å². The molecule has 0 saturated carbocycles. The van der Waals surface area contributed by atoms with Gasteiger partial charge in [-0.15, -0.1) is 0 Å². The van der Waals surface area contributed by atoms with Crippen LogP contribution in [0.25, 0.3) is 0 Å². The smallest absolute Gasteiger partial charge is 0.244 e. The van der Waals surface area contributed by atoms with E-state index in [0.29, 0.717) is 34.3 Å². The molecule has 0 aromatic heterocycles. The lowest BCUT2D eigenvalue weighted by Crippen LogP contribution is -2.52. The van der Waals surface area contributed by atoms with Crippen LogP contribution < -0.4 is 9.62 Å². The number of rotatable bonds is 12. The number of anilines is 1. The first-order valence-corrected chi connectivity index (χ1v) is 13.7. The second-order valence-electron chi connectivity index (χ2n) is 7.94. The maximum Gasteiger partial charge on any atom is 0.244 e. The van der Waals surface area contributed by atoms with Crippen molar-refractivity contribution in [3.05, 3.63) is 64.1 Å². The third kappa shape index (κ3) is 7.89. The Hall–Kier alpha value is -2.29. The van der Waals surface area contributed by atoms with Crippen LogP contribution in [0.1, 0.15) is 38.7 Å². The number of para-hydroxylation sites is 1. The van der Waals surface area contributed by atoms with Crippen LogP contribution >= 0.6 is 23.2 Å². The molecule has 2 amide bonds. The highest BCUT2D eigenvalue weighted by molar-refractivity contribution is 7.92. The highest BCUT2D eigenvalue weighted by Crippen LogP contribution is 2.25. The minimum Gasteiger partial charge on any atom is -0.354 e. The van der Waals surface area contributed by atoms with E-state index in [4.69, 9.17) is 23.2 Å². The first kappa shape index (κ1) is 28.0. The Morgan fingerprint density at radius 3 is 2.26 bits per heavy atom. The van der Waals surface area contributed by atoms with Gasteiger partial charge in [0.2, 0.25) is 21.8 Å². The van der Waals surface area contributed by atoms with E-state index >= 15 is 0 Å². The summed E-state index contributed by atoms with van der Waals surface area (Å²) in [5.74, 6) is -0.784. The third-order valence-corrected chi connectivity index (χ3v) is 7.16. The van der Waals surface area contributed by atoms with E-state index in [2.05, 4.69) is 5.32 Å². The standard InChI is InChI=1S/C24H31Cl2N3O4S/c1-4-6-14-27-24(31)22(5-2)28(16-18-12-13-20(25)21(26)15-18)23(30)17-29(34(3,32)33)19-10-8-7-9-11-19/h7-13,15,22H,4-6,14,16-17H2,1-3H3,(H,27,31). The van der Waals surface area contributed by atoms with Crippen molar-refractivity contribution >= 4 is 50.7 Å². The summed E-state index contributed by atoms with van der Waals surface area (Å²) in [6.07, 6.45) is 3.14. The van der Waals surface area contributed by atoms with Gasteiger partial charge in [-0.2, -0.15) is 0 Å². The minimum absolute atomic E-state index is 0.0712. The van der Waals surface area contributed by atoms with Crippen molar-refractivity contribution in [1.29, 1.82) is 0 Å². The maximum absolute atomic E-state index is 13.5. The number of hydrogen-bond acceptors (Lipinski definition) is 4. The Morgan fingerprint density at radius 1 is 1.03 bits per heavy atom. The molecule has 34 heavy (non-hydrogen) atoms. The molecular formula is C24H31Cl2N3O4S. The third-order valence-electron chi connectivity index (χ3n) is 5.28. The van der Waals surface area contributed by atoms with Crippen molar-refractivity contribution in [2.24, 2.45) is 0 Å². The van der Waals surface area contributed by atoms with Crippen LogP contribution in [-0.4, -0.2) is 50.5 Å². The number of nitrogens with zero attached hydrogens (tertiary/aromatic N) is 2. The van der Waals surface area contributed by atoms with Gasteiger partial charge in [0.1, 0.15) is 12.6 Å². The largest absolute Gasteiger partial charge is 0.354 e. The van der Waals surface area contributed by atoms with E-state index in [9.17, 15) is 18.0 Å². The molecule has 0 aliphatic rings. The van der Waals surface area contributed by atoms with Gasteiger partial charge in [0.15, 0.2) is 0 Å². The topological polar surface area (TPSA) is 86.8 Å². The summed E-state index contributed by atoms with van der Waals surface area (Å²) in [6, 6.07) is 12.6. The molecule has 0 bridgehead atoms. The van der Waals surface area contributed by atoms with E-state index in [-0.39, 0.29) is 12.5 Å². The molecule has 2 rings (SSSR count). The Bertz CT molecular complexity index is 1080. The molecule has 0 fully saturated rings.